The van der Waals surface area contributed by atoms with Crippen molar-refractivity contribution in [3.63, 3.8) is 0 Å². The lowest BCUT2D eigenvalue weighted by Gasteiger charge is -2.15. The molecule has 0 aliphatic rings. The Labute approximate surface area is 376 Å². The standard InChI is InChI=1S/C21H19ClFN3O7.C21H21FN4O7/c1-11-7-18(27)26(21(29)25(11)2)14-9-16(12(22)8-13(14)23)33-15-5-6-17(30-3)24-20(15)32-10-19(28)31-4;1-11-7-18(27)26(21(29)25(11)2)14-9-16(13(23)8-12(14)22)33-15-5-6-17(30-3)24-20(15)32-10-19(28)31-4/h5-9H,10H2,1-4H3;5-9H,10,23H2,1-4H3. The van der Waals surface area contributed by atoms with Crippen molar-refractivity contribution in [3.05, 3.63) is 130 Å². The van der Waals surface area contributed by atoms with E-state index in [1.165, 1.54) is 88.1 Å². The van der Waals surface area contributed by atoms with Gasteiger partial charge in [0.05, 0.1) is 50.5 Å². The van der Waals surface area contributed by atoms with E-state index < -0.39 is 59.3 Å². The zero-order chi connectivity index (χ0) is 48.6. The summed E-state index contributed by atoms with van der Waals surface area (Å²) in [4.78, 5) is 81.2. The molecule has 66 heavy (non-hydrogen) atoms. The monoisotopic (exact) mass is 939 g/mol. The Bertz CT molecular complexity index is 2880. The van der Waals surface area contributed by atoms with E-state index in [2.05, 4.69) is 19.4 Å². The minimum absolute atomic E-state index is 0.00307. The number of hydrogen-bond donors (Lipinski definition) is 1. The maximum Gasteiger partial charge on any atom is 0.343 e. The topological polar surface area (TPSA) is 248 Å². The third kappa shape index (κ3) is 10.9. The number of nitrogens with two attached hydrogens (primary N) is 1. The Morgan fingerprint density at radius 3 is 1.45 bits per heavy atom. The number of nitrogen functional groups attached to an aromatic ring is 1. The van der Waals surface area contributed by atoms with Gasteiger partial charge in [0.25, 0.3) is 22.9 Å². The van der Waals surface area contributed by atoms with Crippen LogP contribution in [0.1, 0.15) is 11.4 Å². The lowest BCUT2D eigenvalue weighted by atomic mass is 10.2. The summed E-state index contributed by atoms with van der Waals surface area (Å²) in [5.41, 5.74) is 2.92. The highest BCUT2D eigenvalue weighted by Crippen LogP contribution is 2.38. The molecule has 21 nitrogen and oxygen atoms in total. The number of aryl methyl sites for hydroxylation is 2. The summed E-state index contributed by atoms with van der Waals surface area (Å²) in [5, 5.41) is -0.150. The fraction of sp³-hybridized carbons (Fsp3) is 0.238. The van der Waals surface area contributed by atoms with E-state index in [4.69, 9.17) is 45.8 Å². The number of carbonyl (C=O) groups is 2. The lowest BCUT2D eigenvalue weighted by Crippen LogP contribution is -2.38. The van der Waals surface area contributed by atoms with Gasteiger partial charge in [0.1, 0.15) is 17.4 Å². The summed E-state index contributed by atoms with van der Waals surface area (Å²) in [6.45, 7) is 2.22. The van der Waals surface area contributed by atoms with Gasteiger partial charge >= 0.3 is 23.3 Å². The summed E-state index contributed by atoms with van der Waals surface area (Å²) in [5.74, 6) is -3.25. The van der Waals surface area contributed by atoms with Gasteiger partial charge in [-0.1, -0.05) is 11.6 Å². The van der Waals surface area contributed by atoms with Crippen molar-refractivity contribution in [1.29, 1.82) is 0 Å². The molecule has 0 saturated heterocycles. The number of methoxy groups -OCH3 is 4. The number of esters is 2. The first-order chi connectivity index (χ1) is 31.3. The first kappa shape index (κ1) is 48.8. The van der Waals surface area contributed by atoms with Crippen molar-refractivity contribution in [2.45, 2.75) is 13.8 Å². The minimum atomic E-state index is -0.912. The van der Waals surface area contributed by atoms with Crippen LogP contribution in [0.2, 0.25) is 5.02 Å². The normalized spacial score (nSPS) is 10.6. The smallest absolute Gasteiger partial charge is 0.343 e. The quantitative estimate of drug-likeness (QED) is 0.121. The van der Waals surface area contributed by atoms with Gasteiger partial charge in [-0.3, -0.25) is 9.59 Å². The number of pyridine rings is 2. The summed E-state index contributed by atoms with van der Waals surface area (Å²) >= 11 is 6.14. The molecule has 2 aromatic carbocycles. The average Bonchev–Trinajstić information content (AvgIpc) is 3.29. The molecule has 0 atom stereocenters. The van der Waals surface area contributed by atoms with Crippen LogP contribution in [0.5, 0.6) is 46.5 Å². The van der Waals surface area contributed by atoms with Crippen molar-refractivity contribution in [2.75, 3.05) is 47.4 Å². The fourth-order valence-electron chi connectivity index (χ4n) is 5.52. The number of rotatable bonds is 14. The molecule has 0 amide bonds. The molecule has 6 aromatic rings. The molecule has 348 valence electrons. The molecule has 4 heterocycles. The van der Waals surface area contributed by atoms with Crippen LogP contribution in [-0.4, -0.2) is 81.8 Å². The summed E-state index contributed by atoms with van der Waals surface area (Å²) in [7, 11) is 8.06. The molecule has 2 N–H and O–H groups in total. The second-order valence-corrected chi connectivity index (χ2v) is 13.8. The molecule has 0 saturated carbocycles. The van der Waals surface area contributed by atoms with E-state index in [9.17, 15) is 37.5 Å². The second-order valence-electron chi connectivity index (χ2n) is 13.4. The van der Waals surface area contributed by atoms with Crippen LogP contribution in [0.3, 0.4) is 0 Å². The van der Waals surface area contributed by atoms with E-state index in [1.807, 2.05) is 0 Å². The van der Waals surface area contributed by atoms with Crippen LogP contribution in [-0.2, 0) is 33.2 Å². The number of aromatic nitrogens is 6. The van der Waals surface area contributed by atoms with Crippen molar-refractivity contribution in [1.82, 2.24) is 28.2 Å². The number of ether oxygens (including phenoxy) is 8. The fourth-order valence-corrected chi connectivity index (χ4v) is 5.71. The molecule has 0 spiro atoms. The number of nitrogens with zero attached hydrogens (tertiary/aromatic N) is 6. The van der Waals surface area contributed by atoms with Crippen molar-refractivity contribution < 1.29 is 56.3 Å². The minimum Gasteiger partial charge on any atom is -0.481 e. The molecule has 0 fully saturated rings. The van der Waals surface area contributed by atoms with E-state index in [1.54, 1.807) is 13.8 Å². The number of halogens is 3. The van der Waals surface area contributed by atoms with Gasteiger partial charge < -0.3 is 52.8 Å². The van der Waals surface area contributed by atoms with Gasteiger partial charge in [0, 0.05) is 67.9 Å². The molecular weight excluding hydrogens is 900 g/mol. The van der Waals surface area contributed by atoms with Gasteiger partial charge in [0.2, 0.25) is 11.8 Å². The number of anilines is 1. The van der Waals surface area contributed by atoms with Crippen molar-refractivity contribution in [2.24, 2.45) is 14.1 Å². The van der Waals surface area contributed by atoms with Crippen LogP contribution >= 0.6 is 11.6 Å². The molecule has 0 aliphatic heterocycles. The van der Waals surface area contributed by atoms with Crippen LogP contribution in [0, 0.1) is 25.5 Å². The lowest BCUT2D eigenvalue weighted by molar-refractivity contribution is -0.143. The molecule has 6 rings (SSSR count). The molecular formula is C42H40ClF2N7O14. The zero-order valence-corrected chi connectivity index (χ0v) is 37.1. The van der Waals surface area contributed by atoms with Crippen LogP contribution in [0.4, 0.5) is 14.5 Å². The SMILES string of the molecule is COC(=O)COc1nc(OC)ccc1Oc1cc(-n2c(=O)cc(C)n(C)c2=O)c(F)cc1Cl.COC(=O)COc1nc(OC)ccc1Oc1cc(-n2c(=O)cc(C)n(C)c2=O)c(F)cc1N. The third-order valence-electron chi connectivity index (χ3n) is 9.25. The Morgan fingerprint density at radius 2 is 1.03 bits per heavy atom. The predicted molar refractivity (Wildman–Crippen MR) is 230 cm³/mol. The highest BCUT2D eigenvalue weighted by molar-refractivity contribution is 6.32. The molecule has 24 heteroatoms. The molecule has 0 unspecified atom stereocenters. The summed E-state index contributed by atoms with van der Waals surface area (Å²) in [6.07, 6.45) is 0. The van der Waals surface area contributed by atoms with E-state index in [0.29, 0.717) is 20.5 Å². The first-order valence-corrected chi connectivity index (χ1v) is 19.2. The summed E-state index contributed by atoms with van der Waals surface area (Å²) in [6, 6.07) is 12.2. The molecule has 0 bridgehead atoms. The largest absolute Gasteiger partial charge is 0.481 e. The van der Waals surface area contributed by atoms with Gasteiger partial charge in [-0.25, -0.2) is 37.1 Å². The highest BCUT2D eigenvalue weighted by atomic mass is 35.5. The maximum absolute atomic E-state index is 14.7. The zero-order valence-electron chi connectivity index (χ0n) is 36.3. The molecule has 4 aromatic heterocycles. The highest BCUT2D eigenvalue weighted by Gasteiger charge is 2.21. The van der Waals surface area contributed by atoms with E-state index in [-0.39, 0.29) is 68.6 Å². The molecule has 0 radical (unpaired) electrons. The Kier molecular flexibility index (Phi) is 15.5. The van der Waals surface area contributed by atoms with Crippen LogP contribution < -0.4 is 56.7 Å². The average molecular weight is 940 g/mol. The number of benzene rings is 2. The Balaban J connectivity index is 0.000000247. The van der Waals surface area contributed by atoms with Gasteiger partial charge in [-0.2, -0.15) is 9.97 Å². The van der Waals surface area contributed by atoms with E-state index >= 15 is 0 Å². The number of hydrogen-bond acceptors (Lipinski definition) is 17. The third-order valence-corrected chi connectivity index (χ3v) is 9.54. The Hall–Kier alpha value is -8.21. The van der Waals surface area contributed by atoms with E-state index in [0.717, 1.165) is 24.3 Å². The first-order valence-electron chi connectivity index (χ1n) is 18.8. The van der Waals surface area contributed by atoms with Gasteiger partial charge in [0.15, 0.2) is 30.5 Å². The Morgan fingerprint density at radius 1 is 0.621 bits per heavy atom. The van der Waals surface area contributed by atoms with Crippen LogP contribution in [0.25, 0.3) is 11.4 Å². The van der Waals surface area contributed by atoms with Crippen molar-refractivity contribution in [3.8, 4) is 57.9 Å². The van der Waals surface area contributed by atoms with Gasteiger partial charge in [-0.15, -0.1) is 0 Å². The second kappa shape index (κ2) is 21.0. The number of carbonyl (C=O) groups excluding carboxylic acids is 2. The van der Waals surface area contributed by atoms with Gasteiger partial charge in [-0.05, 0) is 32.0 Å². The maximum atomic E-state index is 14.7. The predicted octanol–water partition coefficient (Wildman–Crippen LogP) is 3.70. The van der Waals surface area contributed by atoms with Crippen LogP contribution in [0.15, 0.2) is 79.8 Å². The molecule has 0 aliphatic carbocycles. The summed E-state index contributed by atoms with van der Waals surface area (Å²) < 4.78 is 74.5. The van der Waals surface area contributed by atoms with Crippen molar-refractivity contribution >= 4 is 29.2 Å².